The van der Waals surface area contributed by atoms with Crippen molar-refractivity contribution in [2.24, 2.45) is 5.73 Å². The van der Waals surface area contributed by atoms with Gasteiger partial charge in [0.2, 0.25) is 5.91 Å². The number of carbonyl (C=O) groups excluding carboxylic acids is 1. The molecule has 0 bridgehead atoms. The van der Waals surface area contributed by atoms with Gasteiger partial charge < -0.3 is 20.7 Å². The monoisotopic (exact) mass is 278 g/mol. The number of anilines is 1. The summed E-state index contributed by atoms with van der Waals surface area (Å²) in [7, 11) is 3.86. The van der Waals surface area contributed by atoms with E-state index in [1.165, 1.54) is 0 Å². The number of nitrogens with two attached hydrogens (primary N) is 1. The fourth-order valence-electron chi connectivity index (χ4n) is 2.34. The lowest BCUT2D eigenvalue weighted by Crippen LogP contribution is -2.35. The van der Waals surface area contributed by atoms with Crippen molar-refractivity contribution in [3.8, 4) is 0 Å². The van der Waals surface area contributed by atoms with E-state index >= 15 is 0 Å². The Labute approximate surface area is 119 Å². The van der Waals surface area contributed by atoms with Crippen molar-refractivity contribution in [1.82, 2.24) is 10.3 Å². The first-order valence-electron chi connectivity index (χ1n) is 6.86. The van der Waals surface area contributed by atoms with Gasteiger partial charge in [0.25, 0.3) is 0 Å². The van der Waals surface area contributed by atoms with Gasteiger partial charge in [0.1, 0.15) is 11.9 Å². The molecule has 1 saturated heterocycles. The summed E-state index contributed by atoms with van der Waals surface area (Å²) in [6.45, 7) is 0.921. The number of amides is 1. The molecule has 2 atom stereocenters. The number of nitrogens with zero attached hydrogens (tertiary/aromatic N) is 2. The maximum Gasteiger partial charge on any atom is 0.249 e. The second-order valence-corrected chi connectivity index (χ2v) is 5.16. The van der Waals surface area contributed by atoms with Gasteiger partial charge in [0, 0.05) is 38.9 Å². The molecule has 110 valence electrons. The number of carbonyl (C=O) groups is 1. The second-order valence-electron chi connectivity index (χ2n) is 5.16. The maximum absolute atomic E-state index is 12.1. The van der Waals surface area contributed by atoms with Gasteiger partial charge >= 0.3 is 0 Å². The van der Waals surface area contributed by atoms with Gasteiger partial charge in [-0.3, -0.25) is 4.79 Å². The summed E-state index contributed by atoms with van der Waals surface area (Å²) >= 11 is 0. The minimum atomic E-state index is -0.372. The number of hydrogen-bond donors (Lipinski definition) is 2. The van der Waals surface area contributed by atoms with Crippen molar-refractivity contribution in [2.45, 2.75) is 31.6 Å². The number of hydrogen-bond acceptors (Lipinski definition) is 5. The average Bonchev–Trinajstić information content (AvgIpc) is 2.94. The van der Waals surface area contributed by atoms with Gasteiger partial charge in [-0.2, -0.15) is 0 Å². The third kappa shape index (κ3) is 3.46. The minimum absolute atomic E-state index is 0.0153. The zero-order chi connectivity index (χ0) is 14.5. The van der Waals surface area contributed by atoms with Crippen LogP contribution in [0.15, 0.2) is 18.3 Å². The fraction of sp³-hybridized carbons (Fsp3) is 0.571. The molecule has 1 aromatic rings. The van der Waals surface area contributed by atoms with Crippen LogP contribution < -0.4 is 16.0 Å². The third-order valence-corrected chi connectivity index (χ3v) is 3.41. The van der Waals surface area contributed by atoms with Crippen molar-refractivity contribution in [1.29, 1.82) is 0 Å². The van der Waals surface area contributed by atoms with Crippen molar-refractivity contribution >= 4 is 11.7 Å². The van der Waals surface area contributed by atoms with Crippen LogP contribution in [-0.4, -0.2) is 43.7 Å². The molecule has 1 aliphatic heterocycles. The van der Waals surface area contributed by atoms with Crippen LogP contribution >= 0.6 is 0 Å². The number of pyridine rings is 1. The third-order valence-electron chi connectivity index (χ3n) is 3.41. The van der Waals surface area contributed by atoms with Crippen molar-refractivity contribution in [2.75, 3.05) is 25.5 Å². The average molecular weight is 278 g/mol. The maximum atomic E-state index is 12.1. The van der Waals surface area contributed by atoms with Crippen LogP contribution in [0.4, 0.5) is 5.82 Å². The minimum Gasteiger partial charge on any atom is -0.364 e. The van der Waals surface area contributed by atoms with E-state index in [1.807, 2.05) is 31.1 Å². The van der Waals surface area contributed by atoms with E-state index < -0.39 is 0 Å². The number of ether oxygens (including phenoxy) is 1. The molecule has 1 aromatic heterocycles. The molecule has 0 saturated carbocycles. The summed E-state index contributed by atoms with van der Waals surface area (Å²) in [6, 6.07) is 3.83. The van der Waals surface area contributed by atoms with Crippen LogP contribution in [0, 0.1) is 0 Å². The summed E-state index contributed by atoms with van der Waals surface area (Å²) in [5.74, 6) is 0.787. The van der Waals surface area contributed by atoms with Gasteiger partial charge in [-0.05, 0) is 18.9 Å². The van der Waals surface area contributed by atoms with E-state index in [9.17, 15) is 4.79 Å². The molecule has 0 aromatic carbocycles. The molecule has 2 rings (SSSR count). The van der Waals surface area contributed by atoms with E-state index in [1.54, 1.807) is 6.20 Å². The predicted octanol–water partition coefficient (Wildman–Crippen LogP) is 0.270. The van der Waals surface area contributed by atoms with E-state index in [-0.39, 0.29) is 18.1 Å². The van der Waals surface area contributed by atoms with Crippen LogP contribution in [0.25, 0.3) is 0 Å². The molecule has 6 nitrogen and oxygen atoms in total. The van der Waals surface area contributed by atoms with Crippen LogP contribution in [0.5, 0.6) is 0 Å². The number of nitrogens with one attached hydrogen (secondary N) is 1. The molecule has 20 heavy (non-hydrogen) atoms. The zero-order valence-electron chi connectivity index (χ0n) is 12.0. The van der Waals surface area contributed by atoms with E-state index in [4.69, 9.17) is 10.5 Å². The summed E-state index contributed by atoms with van der Waals surface area (Å²) in [4.78, 5) is 18.3. The molecule has 0 aliphatic carbocycles. The first-order chi connectivity index (χ1) is 9.61. The molecule has 2 heterocycles. The lowest BCUT2D eigenvalue weighted by atomic mass is 10.2. The summed E-state index contributed by atoms with van der Waals surface area (Å²) in [5.41, 5.74) is 6.53. The number of rotatable bonds is 5. The largest absolute Gasteiger partial charge is 0.364 e. The molecule has 6 heteroatoms. The van der Waals surface area contributed by atoms with Gasteiger partial charge in [-0.25, -0.2) is 4.98 Å². The zero-order valence-corrected chi connectivity index (χ0v) is 12.0. The summed E-state index contributed by atoms with van der Waals surface area (Å²) in [6.07, 6.45) is 2.97. The highest BCUT2D eigenvalue weighted by Crippen LogP contribution is 2.19. The summed E-state index contributed by atoms with van der Waals surface area (Å²) < 4.78 is 5.58. The molecule has 1 aliphatic rings. The quantitative estimate of drug-likeness (QED) is 0.808. The Hall–Kier alpha value is -1.66. The van der Waals surface area contributed by atoms with Crippen LogP contribution in [0.1, 0.15) is 18.4 Å². The van der Waals surface area contributed by atoms with E-state index in [0.717, 1.165) is 24.2 Å². The van der Waals surface area contributed by atoms with Crippen LogP contribution in [0.3, 0.4) is 0 Å². The fourth-order valence-corrected chi connectivity index (χ4v) is 2.34. The Morgan fingerprint density at radius 3 is 3.00 bits per heavy atom. The Morgan fingerprint density at radius 1 is 1.55 bits per heavy atom. The molecular weight excluding hydrogens is 256 g/mol. The van der Waals surface area contributed by atoms with Crippen molar-refractivity contribution in [3.63, 3.8) is 0 Å². The van der Waals surface area contributed by atoms with Gasteiger partial charge in [0.05, 0.1) is 6.10 Å². The van der Waals surface area contributed by atoms with Crippen molar-refractivity contribution in [3.05, 3.63) is 23.9 Å². The van der Waals surface area contributed by atoms with Gasteiger partial charge in [-0.1, -0.05) is 6.07 Å². The Balaban J connectivity index is 1.91. The molecule has 0 spiro atoms. The molecule has 0 radical (unpaired) electrons. The van der Waals surface area contributed by atoms with E-state index in [0.29, 0.717) is 13.1 Å². The molecule has 0 unspecified atom stereocenters. The highest BCUT2D eigenvalue weighted by molar-refractivity contribution is 5.81. The molecular formula is C14H22N4O2. The highest BCUT2D eigenvalue weighted by atomic mass is 16.5. The summed E-state index contributed by atoms with van der Waals surface area (Å²) in [5, 5.41) is 2.91. The van der Waals surface area contributed by atoms with Gasteiger partial charge in [-0.15, -0.1) is 0 Å². The Kier molecular flexibility index (Phi) is 4.92. The first kappa shape index (κ1) is 14.7. The second kappa shape index (κ2) is 6.67. The highest BCUT2D eigenvalue weighted by Gasteiger charge is 2.29. The standard InChI is InChI=1S/C14H22N4O2/c1-18(2)13-10(4-3-7-16-13)9-17-14(19)12-6-5-11(8-15)20-12/h3-4,7,11-12H,5-6,8-9,15H2,1-2H3,(H,17,19)/t11-,12+/m1/s1. The molecule has 3 N–H and O–H groups in total. The first-order valence-corrected chi connectivity index (χ1v) is 6.86. The van der Waals surface area contributed by atoms with Crippen LogP contribution in [0.2, 0.25) is 0 Å². The lowest BCUT2D eigenvalue weighted by Gasteiger charge is -2.17. The Bertz CT molecular complexity index is 464. The van der Waals surface area contributed by atoms with E-state index in [2.05, 4.69) is 10.3 Å². The lowest BCUT2D eigenvalue weighted by molar-refractivity contribution is -0.132. The van der Waals surface area contributed by atoms with Gasteiger partial charge in [0.15, 0.2) is 0 Å². The predicted molar refractivity (Wildman–Crippen MR) is 77.4 cm³/mol. The van der Waals surface area contributed by atoms with Crippen LogP contribution in [-0.2, 0) is 16.1 Å². The molecule has 1 fully saturated rings. The van der Waals surface area contributed by atoms with Crippen molar-refractivity contribution < 1.29 is 9.53 Å². The SMILES string of the molecule is CN(C)c1ncccc1CNC(=O)[C@@H]1CC[C@H](CN)O1. The normalized spacial score (nSPS) is 21.8. The molecule has 1 amide bonds. The smallest absolute Gasteiger partial charge is 0.249 e. The number of aromatic nitrogens is 1. The Morgan fingerprint density at radius 2 is 2.35 bits per heavy atom. The topological polar surface area (TPSA) is 80.5 Å².